The van der Waals surface area contributed by atoms with Crippen LogP contribution in [0.25, 0.3) is 0 Å². The Hall–Kier alpha value is -4.20. The van der Waals surface area contributed by atoms with Gasteiger partial charge in [0.25, 0.3) is 5.91 Å². The maximum atomic E-state index is 13.1. The van der Waals surface area contributed by atoms with Crippen molar-refractivity contribution in [3.63, 3.8) is 0 Å². The van der Waals surface area contributed by atoms with Gasteiger partial charge in [0.2, 0.25) is 0 Å². The SMILES string of the molecule is CC(C)N(C(=O)c1ccc(OCCCCCOc2ccc(/C(N)=N\O)cc2)cc1O)c1ccccc1. The predicted molar refractivity (Wildman–Crippen MR) is 140 cm³/mol. The fourth-order valence-electron chi connectivity index (χ4n) is 3.69. The molecule has 0 fully saturated rings. The zero-order valence-corrected chi connectivity index (χ0v) is 20.6. The van der Waals surface area contributed by atoms with Gasteiger partial charge in [-0.05, 0) is 81.6 Å². The van der Waals surface area contributed by atoms with Crippen molar-refractivity contribution in [3.8, 4) is 17.2 Å². The number of carbonyl (C=O) groups excluding carboxylic acids is 1. The molecule has 3 aromatic rings. The van der Waals surface area contributed by atoms with E-state index in [1.54, 1.807) is 41.3 Å². The molecule has 0 saturated carbocycles. The molecule has 0 heterocycles. The highest BCUT2D eigenvalue weighted by atomic mass is 16.5. The summed E-state index contributed by atoms with van der Waals surface area (Å²) in [6.45, 7) is 4.92. The quantitative estimate of drug-likeness (QED) is 0.106. The lowest BCUT2D eigenvalue weighted by molar-refractivity contribution is 0.0977. The second-order valence-electron chi connectivity index (χ2n) is 8.55. The molecule has 0 radical (unpaired) electrons. The number of amidine groups is 1. The number of para-hydroxylation sites is 1. The summed E-state index contributed by atoms with van der Waals surface area (Å²) in [6, 6.07) is 21.1. The molecule has 0 aliphatic heterocycles. The van der Waals surface area contributed by atoms with E-state index in [9.17, 15) is 9.90 Å². The van der Waals surface area contributed by atoms with Crippen LogP contribution in [0.3, 0.4) is 0 Å². The van der Waals surface area contributed by atoms with Crippen LogP contribution >= 0.6 is 0 Å². The maximum Gasteiger partial charge on any atom is 0.262 e. The number of oxime groups is 1. The molecule has 0 aliphatic carbocycles. The molecular formula is C28H33N3O5. The molecule has 36 heavy (non-hydrogen) atoms. The lowest BCUT2D eigenvalue weighted by Crippen LogP contribution is -2.37. The first-order chi connectivity index (χ1) is 17.4. The standard InChI is InChI=1S/C28H33N3O5/c1-20(2)31(22-9-5-3-6-10-22)28(33)25-16-15-24(19-26(25)32)36-18-8-4-7-17-35-23-13-11-21(12-14-23)27(29)30-34/h3,5-6,9-16,19-20,32,34H,4,7-8,17-18H2,1-2H3,(H2,29,30). The van der Waals surface area contributed by atoms with E-state index in [-0.39, 0.29) is 29.1 Å². The summed E-state index contributed by atoms with van der Waals surface area (Å²) < 4.78 is 11.5. The topological polar surface area (TPSA) is 118 Å². The number of hydrogen-bond donors (Lipinski definition) is 3. The molecular weight excluding hydrogens is 458 g/mol. The largest absolute Gasteiger partial charge is 0.507 e. The minimum Gasteiger partial charge on any atom is -0.507 e. The van der Waals surface area contributed by atoms with Gasteiger partial charge in [-0.1, -0.05) is 23.4 Å². The molecule has 0 saturated heterocycles. The Bertz CT molecular complexity index is 1150. The minimum absolute atomic E-state index is 0.0563. The Morgan fingerprint density at radius 3 is 2.11 bits per heavy atom. The van der Waals surface area contributed by atoms with Crippen molar-refractivity contribution in [2.45, 2.75) is 39.2 Å². The Morgan fingerprint density at radius 1 is 0.917 bits per heavy atom. The monoisotopic (exact) mass is 491 g/mol. The van der Waals surface area contributed by atoms with Crippen LogP contribution in [0.4, 0.5) is 5.69 Å². The molecule has 1 amide bonds. The summed E-state index contributed by atoms with van der Waals surface area (Å²) in [7, 11) is 0. The number of anilines is 1. The molecule has 4 N–H and O–H groups in total. The molecule has 3 aromatic carbocycles. The minimum atomic E-state index is -0.264. The van der Waals surface area contributed by atoms with E-state index in [2.05, 4.69) is 5.16 Å². The van der Waals surface area contributed by atoms with Crippen LogP contribution in [0, 0.1) is 0 Å². The van der Waals surface area contributed by atoms with Gasteiger partial charge in [0.05, 0.1) is 18.8 Å². The van der Waals surface area contributed by atoms with Gasteiger partial charge in [-0.3, -0.25) is 4.79 Å². The second-order valence-corrected chi connectivity index (χ2v) is 8.55. The Kier molecular flexibility index (Phi) is 9.56. The van der Waals surface area contributed by atoms with Gasteiger partial charge >= 0.3 is 0 Å². The third-order valence-corrected chi connectivity index (χ3v) is 5.55. The number of carbonyl (C=O) groups is 1. The fraction of sp³-hybridized carbons (Fsp3) is 0.286. The molecule has 0 unspecified atom stereocenters. The van der Waals surface area contributed by atoms with E-state index >= 15 is 0 Å². The lowest BCUT2D eigenvalue weighted by Gasteiger charge is -2.27. The number of nitrogens with zero attached hydrogens (tertiary/aromatic N) is 2. The molecule has 0 aliphatic rings. The number of ether oxygens (including phenoxy) is 2. The van der Waals surface area contributed by atoms with Crippen molar-refractivity contribution >= 4 is 17.4 Å². The van der Waals surface area contributed by atoms with Gasteiger partial charge in [0.1, 0.15) is 17.2 Å². The summed E-state index contributed by atoms with van der Waals surface area (Å²) in [5.41, 5.74) is 7.18. The average molecular weight is 492 g/mol. The number of hydrogen-bond acceptors (Lipinski definition) is 6. The number of phenols is 1. The van der Waals surface area contributed by atoms with Gasteiger partial charge in [-0.15, -0.1) is 0 Å². The first-order valence-corrected chi connectivity index (χ1v) is 12.0. The number of aromatic hydroxyl groups is 1. The Labute approximate surface area is 211 Å². The number of unbranched alkanes of at least 4 members (excludes halogenated alkanes) is 2. The zero-order valence-electron chi connectivity index (χ0n) is 20.6. The van der Waals surface area contributed by atoms with Crippen LogP contribution in [-0.2, 0) is 0 Å². The van der Waals surface area contributed by atoms with Crippen molar-refractivity contribution in [1.82, 2.24) is 0 Å². The molecule has 3 rings (SSSR count). The van der Waals surface area contributed by atoms with Crippen LogP contribution in [0.5, 0.6) is 17.2 Å². The second kappa shape index (κ2) is 13.0. The van der Waals surface area contributed by atoms with Gasteiger partial charge in [-0.2, -0.15) is 0 Å². The van der Waals surface area contributed by atoms with E-state index in [4.69, 9.17) is 20.4 Å². The molecule has 8 heteroatoms. The highest BCUT2D eigenvalue weighted by Gasteiger charge is 2.23. The number of nitrogens with two attached hydrogens (primary N) is 1. The fourth-order valence-corrected chi connectivity index (χ4v) is 3.69. The van der Waals surface area contributed by atoms with Gasteiger partial charge in [0.15, 0.2) is 5.84 Å². The Balaban J connectivity index is 1.42. The first kappa shape index (κ1) is 26.4. The third kappa shape index (κ3) is 7.15. The number of amides is 1. The Morgan fingerprint density at radius 2 is 1.53 bits per heavy atom. The zero-order chi connectivity index (χ0) is 25.9. The molecule has 0 atom stereocenters. The summed E-state index contributed by atoms with van der Waals surface area (Å²) in [5.74, 6) is 0.919. The van der Waals surface area contributed by atoms with Crippen LogP contribution < -0.4 is 20.1 Å². The van der Waals surface area contributed by atoms with Crippen molar-refractivity contribution in [3.05, 3.63) is 83.9 Å². The summed E-state index contributed by atoms with van der Waals surface area (Å²) in [4.78, 5) is 14.8. The van der Waals surface area contributed by atoms with Crippen LogP contribution in [-0.4, -0.2) is 41.3 Å². The highest BCUT2D eigenvalue weighted by Crippen LogP contribution is 2.28. The molecule has 0 bridgehead atoms. The number of phenolic OH excluding ortho intramolecular Hbond substituents is 1. The van der Waals surface area contributed by atoms with E-state index < -0.39 is 0 Å². The van der Waals surface area contributed by atoms with E-state index in [0.29, 0.717) is 30.3 Å². The van der Waals surface area contributed by atoms with Gasteiger partial charge in [-0.25, -0.2) is 0 Å². The molecule has 0 aromatic heterocycles. The van der Waals surface area contributed by atoms with Crippen molar-refractivity contribution in [1.29, 1.82) is 0 Å². The van der Waals surface area contributed by atoms with Gasteiger partial charge in [0, 0.05) is 23.4 Å². The van der Waals surface area contributed by atoms with E-state index in [0.717, 1.165) is 24.9 Å². The van der Waals surface area contributed by atoms with E-state index in [1.165, 1.54) is 6.07 Å². The van der Waals surface area contributed by atoms with E-state index in [1.807, 2.05) is 44.2 Å². The van der Waals surface area contributed by atoms with Crippen LogP contribution in [0.2, 0.25) is 0 Å². The molecule has 190 valence electrons. The third-order valence-electron chi connectivity index (χ3n) is 5.55. The molecule has 8 nitrogen and oxygen atoms in total. The summed E-state index contributed by atoms with van der Waals surface area (Å²) in [6.07, 6.45) is 2.59. The van der Waals surface area contributed by atoms with Crippen LogP contribution in [0.1, 0.15) is 49.0 Å². The average Bonchev–Trinajstić information content (AvgIpc) is 2.88. The van der Waals surface area contributed by atoms with Crippen LogP contribution in [0.15, 0.2) is 78.0 Å². The van der Waals surface area contributed by atoms with Crippen molar-refractivity contribution in [2.75, 3.05) is 18.1 Å². The summed E-state index contributed by atoms with van der Waals surface area (Å²) >= 11 is 0. The van der Waals surface area contributed by atoms with Crippen molar-refractivity contribution < 1.29 is 24.6 Å². The number of rotatable bonds is 12. The lowest BCUT2D eigenvalue weighted by atomic mass is 10.1. The maximum absolute atomic E-state index is 13.1. The number of benzene rings is 3. The van der Waals surface area contributed by atoms with Gasteiger partial charge < -0.3 is 30.4 Å². The molecule has 0 spiro atoms. The summed E-state index contributed by atoms with van der Waals surface area (Å²) in [5, 5.41) is 22.2. The highest BCUT2D eigenvalue weighted by molar-refractivity contribution is 6.08. The van der Waals surface area contributed by atoms with Crippen molar-refractivity contribution in [2.24, 2.45) is 10.9 Å². The first-order valence-electron chi connectivity index (χ1n) is 12.0. The normalized spacial score (nSPS) is 11.4. The smallest absolute Gasteiger partial charge is 0.262 e. The predicted octanol–water partition coefficient (Wildman–Crippen LogP) is 5.17.